The summed E-state index contributed by atoms with van der Waals surface area (Å²) in [5.74, 6) is -3.29. The fraction of sp³-hybridized carbons (Fsp3) is 0.125. The van der Waals surface area contributed by atoms with E-state index < -0.39 is 33.7 Å². The summed E-state index contributed by atoms with van der Waals surface area (Å²) in [5, 5.41) is 17.4. The van der Waals surface area contributed by atoms with Gasteiger partial charge < -0.3 is 4.74 Å². The SMILES string of the molecule is COC(=N)c1c(F)ccc([N+](=O)[O-])c1F. The van der Waals surface area contributed by atoms with Crippen molar-refractivity contribution in [1.82, 2.24) is 0 Å². The number of hydrogen-bond donors (Lipinski definition) is 1. The molecule has 0 saturated carbocycles. The van der Waals surface area contributed by atoms with Crippen LogP contribution in [0.4, 0.5) is 14.5 Å². The topological polar surface area (TPSA) is 76.2 Å². The van der Waals surface area contributed by atoms with Gasteiger partial charge in [0.15, 0.2) is 0 Å². The number of rotatable bonds is 2. The molecule has 0 aliphatic carbocycles. The molecule has 1 N–H and O–H groups in total. The van der Waals surface area contributed by atoms with E-state index in [1.54, 1.807) is 0 Å². The van der Waals surface area contributed by atoms with Crippen LogP contribution in [-0.4, -0.2) is 17.9 Å². The Morgan fingerprint density at radius 3 is 2.60 bits per heavy atom. The zero-order chi connectivity index (χ0) is 11.6. The number of halogens is 2. The third-order valence-electron chi connectivity index (χ3n) is 1.70. The molecule has 7 heteroatoms. The summed E-state index contributed by atoms with van der Waals surface area (Å²) in [7, 11) is 1.04. The van der Waals surface area contributed by atoms with Gasteiger partial charge in [-0.05, 0) is 6.07 Å². The number of benzene rings is 1. The lowest BCUT2D eigenvalue weighted by Gasteiger charge is -2.04. The Hall–Kier alpha value is -2.05. The van der Waals surface area contributed by atoms with Gasteiger partial charge in [-0.2, -0.15) is 4.39 Å². The molecule has 0 saturated heterocycles. The number of nitro benzene ring substituents is 1. The first kappa shape index (κ1) is 11.0. The maximum atomic E-state index is 13.3. The van der Waals surface area contributed by atoms with Crippen LogP contribution in [0.15, 0.2) is 12.1 Å². The highest BCUT2D eigenvalue weighted by molar-refractivity contribution is 5.92. The van der Waals surface area contributed by atoms with Crippen LogP contribution >= 0.6 is 0 Å². The molecule has 80 valence electrons. The quantitative estimate of drug-likeness (QED) is 0.354. The summed E-state index contributed by atoms with van der Waals surface area (Å²) in [6.07, 6.45) is 0. The van der Waals surface area contributed by atoms with E-state index in [4.69, 9.17) is 5.41 Å². The largest absolute Gasteiger partial charge is 0.481 e. The molecule has 0 spiro atoms. The van der Waals surface area contributed by atoms with Crippen molar-refractivity contribution < 1.29 is 18.4 Å². The number of ether oxygens (including phenoxy) is 1. The monoisotopic (exact) mass is 216 g/mol. The Morgan fingerprint density at radius 2 is 2.13 bits per heavy atom. The van der Waals surface area contributed by atoms with Crippen molar-refractivity contribution in [2.45, 2.75) is 0 Å². The molecule has 0 heterocycles. The molecule has 0 aromatic heterocycles. The van der Waals surface area contributed by atoms with Crippen LogP contribution < -0.4 is 0 Å². The first-order valence-corrected chi connectivity index (χ1v) is 3.74. The second-order valence-electron chi connectivity index (χ2n) is 2.55. The van der Waals surface area contributed by atoms with E-state index in [2.05, 4.69) is 4.74 Å². The molecule has 5 nitrogen and oxygen atoms in total. The Labute approximate surface area is 82.9 Å². The van der Waals surface area contributed by atoms with Crippen LogP contribution in [0.3, 0.4) is 0 Å². The van der Waals surface area contributed by atoms with Crippen molar-refractivity contribution in [1.29, 1.82) is 5.41 Å². The molecular weight excluding hydrogens is 210 g/mol. The second-order valence-corrected chi connectivity index (χ2v) is 2.55. The molecule has 15 heavy (non-hydrogen) atoms. The van der Waals surface area contributed by atoms with Gasteiger partial charge in [-0.15, -0.1) is 0 Å². The summed E-state index contributed by atoms with van der Waals surface area (Å²) in [5.41, 5.74) is -1.74. The van der Waals surface area contributed by atoms with Crippen molar-refractivity contribution in [3.05, 3.63) is 39.4 Å². The maximum absolute atomic E-state index is 13.3. The zero-order valence-electron chi connectivity index (χ0n) is 7.58. The molecule has 0 atom stereocenters. The Kier molecular flexibility index (Phi) is 2.93. The highest BCUT2D eigenvalue weighted by Gasteiger charge is 2.24. The standard InChI is InChI=1S/C8H6F2N2O3/c1-15-8(11)6-4(9)2-3-5(7(6)10)12(13)14/h2-3,11H,1H3. The van der Waals surface area contributed by atoms with Crippen molar-refractivity contribution in [2.24, 2.45) is 0 Å². The van der Waals surface area contributed by atoms with Crippen molar-refractivity contribution >= 4 is 11.6 Å². The minimum Gasteiger partial charge on any atom is -0.481 e. The van der Waals surface area contributed by atoms with Gasteiger partial charge in [0.05, 0.1) is 12.0 Å². The average Bonchev–Trinajstić information content (AvgIpc) is 2.16. The van der Waals surface area contributed by atoms with Gasteiger partial charge in [0.2, 0.25) is 11.7 Å². The molecule has 0 unspecified atom stereocenters. The van der Waals surface area contributed by atoms with Gasteiger partial charge in [0.1, 0.15) is 11.4 Å². The molecular formula is C8H6F2N2O3. The zero-order valence-corrected chi connectivity index (χ0v) is 7.58. The summed E-state index contributed by atoms with van der Waals surface area (Å²) in [6.45, 7) is 0. The number of hydrogen-bond acceptors (Lipinski definition) is 4. The van der Waals surface area contributed by atoms with E-state index in [1.807, 2.05) is 0 Å². The number of nitrogens with zero attached hydrogens (tertiary/aromatic N) is 1. The van der Waals surface area contributed by atoms with Crippen molar-refractivity contribution in [3.8, 4) is 0 Å². The van der Waals surface area contributed by atoms with Crippen LogP contribution in [-0.2, 0) is 4.74 Å². The average molecular weight is 216 g/mol. The van der Waals surface area contributed by atoms with Crippen molar-refractivity contribution in [3.63, 3.8) is 0 Å². The predicted octanol–water partition coefficient (Wildman–Crippen LogP) is 1.84. The first-order chi connectivity index (χ1) is 6.99. The lowest BCUT2D eigenvalue weighted by Crippen LogP contribution is -2.09. The van der Waals surface area contributed by atoms with E-state index in [0.29, 0.717) is 12.1 Å². The molecule has 0 aliphatic heterocycles. The number of methoxy groups -OCH3 is 1. The van der Waals surface area contributed by atoms with E-state index in [-0.39, 0.29) is 0 Å². The fourth-order valence-corrected chi connectivity index (χ4v) is 0.993. The number of nitrogens with one attached hydrogen (secondary N) is 1. The van der Waals surface area contributed by atoms with E-state index in [0.717, 1.165) is 7.11 Å². The van der Waals surface area contributed by atoms with Gasteiger partial charge in [0, 0.05) is 6.07 Å². The van der Waals surface area contributed by atoms with Gasteiger partial charge in [0.25, 0.3) is 0 Å². The van der Waals surface area contributed by atoms with Gasteiger partial charge in [-0.1, -0.05) is 0 Å². The Bertz CT molecular complexity index is 434. The van der Waals surface area contributed by atoms with E-state index in [9.17, 15) is 18.9 Å². The minimum absolute atomic E-state index is 0.692. The predicted molar refractivity (Wildman–Crippen MR) is 46.9 cm³/mol. The summed E-state index contributed by atoms with van der Waals surface area (Å²) in [4.78, 5) is 9.33. The first-order valence-electron chi connectivity index (χ1n) is 3.74. The minimum atomic E-state index is -1.41. The van der Waals surface area contributed by atoms with Crippen LogP contribution in [0.2, 0.25) is 0 Å². The van der Waals surface area contributed by atoms with Gasteiger partial charge in [-0.3, -0.25) is 15.5 Å². The molecule has 1 aromatic carbocycles. The fourth-order valence-electron chi connectivity index (χ4n) is 0.993. The van der Waals surface area contributed by atoms with E-state index in [1.165, 1.54) is 0 Å². The van der Waals surface area contributed by atoms with Gasteiger partial charge in [-0.25, -0.2) is 4.39 Å². The van der Waals surface area contributed by atoms with Crippen LogP contribution in [0.25, 0.3) is 0 Å². The van der Waals surface area contributed by atoms with Crippen LogP contribution in [0.1, 0.15) is 5.56 Å². The molecule has 0 amide bonds. The van der Waals surface area contributed by atoms with Gasteiger partial charge >= 0.3 is 5.69 Å². The highest BCUT2D eigenvalue weighted by Crippen LogP contribution is 2.23. The smallest absolute Gasteiger partial charge is 0.305 e. The molecule has 1 aromatic rings. The lowest BCUT2D eigenvalue weighted by atomic mass is 10.1. The molecule has 0 radical (unpaired) electrons. The molecule has 0 fully saturated rings. The number of nitro groups is 1. The highest BCUT2D eigenvalue weighted by atomic mass is 19.1. The molecule has 0 bridgehead atoms. The van der Waals surface area contributed by atoms with Crippen LogP contribution in [0, 0.1) is 27.2 Å². The lowest BCUT2D eigenvalue weighted by molar-refractivity contribution is -0.387. The van der Waals surface area contributed by atoms with Crippen LogP contribution in [0.5, 0.6) is 0 Å². The molecule has 1 rings (SSSR count). The Balaban J connectivity index is 3.43. The third kappa shape index (κ3) is 1.90. The summed E-state index contributed by atoms with van der Waals surface area (Å²) in [6, 6.07) is 1.40. The third-order valence-corrected chi connectivity index (χ3v) is 1.70. The van der Waals surface area contributed by atoms with E-state index >= 15 is 0 Å². The second kappa shape index (κ2) is 3.99. The molecule has 0 aliphatic rings. The normalized spacial score (nSPS) is 9.80. The Morgan fingerprint density at radius 1 is 1.53 bits per heavy atom. The maximum Gasteiger partial charge on any atom is 0.305 e. The summed E-state index contributed by atoms with van der Waals surface area (Å²) < 4.78 is 30.7. The summed E-state index contributed by atoms with van der Waals surface area (Å²) >= 11 is 0. The van der Waals surface area contributed by atoms with Crippen molar-refractivity contribution in [2.75, 3.05) is 7.11 Å².